The van der Waals surface area contributed by atoms with Gasteiger partial charge in [0.1, 0.15) is 0 Å². The highest BCUT2D eigenvalue weighted by Crippen LogP contribution is 2.16. The molecule has 1 aliphatic rings. The Kier molecular flexibility index (Phi) is 4.95. The number of ether oxygens (including phenoxy) is 1. The van der Waals surface area contributed by atoms with Gasteiger partial charge in [0.05, 0.1) is 12.5 Å². The molecular formula is C12H22N4O2. The Morgan fingerprint density at radius 3 is 2.67 bits per heavy atom. The van der Waals surface area contributed by atoms with Crippen molar-refractivity contribution in [2.24, 2.45) is 5.73 Å². The van der Waals surface area contributed by atoms with Crippen molar-refractivity contribution in [2.45, 2.75) is 38.2 Å². The molecule has 1 fully saturated rings. The first kappa shape index (κ1) is 13.3. The Hall–Kier alpha value is -1.14. The summed E-state index contributed by atoms with van der Waals surface area (Å²) in [6.45, 7) is 2.49. The Labute approximate surface area is 107 Å². The maximum absolute atomic E-state index is 5.58. The zero-order valence-electron chi connectivity index (χ0n) is 11.0. The molecule has 6 nitrogen and oxygen atoms in total. The molecule has 0 spiro atoms. The fourth-order valence-electron chi connectivity index (χ4n) is 2.19. The maximum atomic E-state index is 5.58. The standard InChI is InChI=1S/C12H22N4O2/c1-17-10(9-13)8-11-14-12(15-18-11)16-6-4-2-3-5-7-16/h10H,2-9,13H2,1H3. The van der Waals surface area contributed by atoms with Crippen LogP contribution in [0.15, 0.2) is 4.52 Å². The lowest BCUT2D eigenvalue weighted by atomic mass is 10.2. The van der Waals surface area contributed by atoms with Crippen LogP contribution in [0.2, 0.25) is 0 Å². The van der Waals surface area contributed by atoms with Gasteiger partial charge in [-0.2, -0.15) is 4.98 Å². The lowest BCUT2D eigenvalue weighted by Gasteiger charge is -2.16. The molecule has 1 aliphatic heterocycles. The molecule has 1 atom stereocenters. The normalized spacial score (nSPS) is 18.7. The summed E-state index contributed by atoms with van der Waals surface area (Å²) in [5, 5.41) is 4.05. The number of nitrogens with two attached hydrogens (primary N) is 1. The smallest absolute Gasteiger partial charge is 0.266 e. The van der Waals surface area contributed by atoms with Gasteiger partial charge in [-0.1, -0.05) is 12.8 Å². The maximum Gasteiger partial charge on any atom is 0.266 e. The Bertz CT molecular complexity index is 344. The van der Waals surface area contributed by atoms with Gasteiger partial charge >= 0.3 is 0 Å². The highest BCUT2D eigenvalue weighted by Gasteiger charge is 2.17. The second-order valence-electron chi connectivity index (χ2n) is 4.69. The third-order valence-corrected chi connectivity index (χ3v) is 3.34. The predicted octanol–water partition coefficient (Wildman–Crippen LogP) is 0.966. The summed E-state index contributed by atoms with van der Waals surface area (Å²) in [7, 11) is 1.64. The Morgan fingerprint density at radius 1 is 1.33 bits per heavy atom. The third-order valence-electron chi connectivity index (χ3n) is 3.34. The van der Waals surface area contributed by atoms with Crippen LogP contribution in [0.25, 0.3) is 0 Å². The van der Waals surface area contributed by atoms with Gasteiger partial charge in [-0.05, 0) is 18.0 Å². The minimum absolute atomic E-state index is 0.0533. The summed E-state index contributed by atoms with van der Waals surface area (Å²) in [6.07, 6.45) is 5.51. The van der Waals surface area contributed by atoms with E-state index < -0.39 is 0 Å². The molecule has 1 saturated heterocycles. The van der Waals surface area contributed by atoms with Gasteiger partial charge in [-0.25, -0.2) is 0 Å². The molecule has 0 saturated carbocycles. The Balaban J connectivity index is 1.96. The van der Waals surface area contributed by atoms with Crippen molar-refractivity contribution < 1.29 is 9.26 Å². The van der Waals surface area contributed by atoms with E-state index >= 15 is 0 Å². The van der Waals surface area contributed by atoms with Gasteiger partial charge in [0.2, 0.25) is 5.89 Å². The van der Waals surface area contributed by atoms with Crippen LogP contribution in [-0.4, -0.2) is 43.0 Å². The molecule has 1 aromatic rings. The summed E-state index contributed by atoms with van der Waals surface area (Å²) in [4.78, 5) is 6.62. The van der Waals surface area contributed by atoms with Crippen molar-refractivity contribution >= 4 is 5.95 Å². The lowest BCUT2D eigenvalue weighted by molar-refractivity contribution is 0.102. The SMILES string of the molecule is COC(CN)Cc1nc(N2CCCCCC2)no1. The number of rotatable bonds is 5. The molecule has 0 aliphatic carbocycles. The van der Waals surface area contributed by atoms with E-state index in [4.69, 9.17) is 15.0 Å². The molecule has 0 amide bonds. The average Bonchev–Trinajstić information content (AvgIpc) is 2.69. The molecule has 1 unspecified atom stereocenters. The van der Waals surface area contributed by atoms with Gasteiger partial charge in [-0.15, -0.1) is 0 Å². The monoisotopic (exact) mass is 254 g/mol. The van der Waals surface area contributed by atoms with Crippen LogP contribution in [0.5, 0.6) is 0 Å². The summed E-state index contributed by atoms with van der Waals surface area (Å²) < 4.78 is 10.5. The summed E-state index contributed by atoms with van der Waals surface area (Å²) in [5.74, 6) is 1.31. The van der Waals surface area contributed by atoms with E-state index in [1.54, 1.807) is 7.11 Å². The molecule has 102 valence electrons. The highest BCUT2D eigenvalue weighted by atomic mass is 16.5. The summed E-state index contributed by atoms with van der Waals surface area (Å²) in [6, 6.07) is 0. The summed E-state index contributed by atoms with van der Waals surface area (Å²) in [5.41, 5.74) is 5.58. The van der Waals surface area contributed by atoms with Crippen LogP contribution in [0.1, 0.15) is 31.6 Å². The van der Waals surface area contributed by atoms with E-state index in [2.05, 4.69) is 15.0 Å². The second kappa shape index (κ2) is 6.70. The molecule has 6 heteroatoms. The number of nitrogens with zero attached hydrogens (tertiary/aromatic N) is 3. The van der Waals surface area contributed by atoms with Crippen molar-refractivity contribution in [1.29, 1.82) is 0 Å². The minimum atomic E-state index is -0.0533. The van der Waals surface area contributed by atoms with E-state index in [0.29, 0.717) is 24.8 Å². The zero-order valence-corrected chi connectivity index (χ0v) is 11.0. The third kappa shape index (κ3) is 3.43. The van der Waals surface area contributed by atoms with Crippen molar-refractivity contribution in [3.63, 3.8) is 0 Å². The lowest BCUT2D eigenvalue weighted by Crippen LogP contribution is -2.26. The number of hydrogen-bond donors (Lipinski definition) is 1. The first-order chi connectivity index (χ1) is 8.83. The van der Waals surface area contributed by atoms with Gasteiger partial charge in [0, 0.05) is 26.7 Å². The molecule has 18 heavy (non-hydrogen) atoms. The minimum Gasteiger partial charge on any atom is -0.380 e. The molecular weight excluding hydrogens is 232 g/mol. The molecule has 2 heterocycles. The predicted molar refractivity (Wildman–Crippen MR) is 68.5 cm³/mol. The van der Waals surface area contributed by atoms with Crippen LogP contribution >= 0.6 is 0 Å². The quantitative estimate of drug-likeness (QED) is 0.843. The fraction of sp³-hybridized carbons (Fsp3) is 0.833. The van der Waals surface area contributed by atoms with Gasteiger partial charge in [0.25, 0.3) is 5.95 Å². The van der Waals surface area contributed by atoms with E-state index in [9.17, 15) is 0 Å². The highest BCUT2D eigenvalue weighted by molar-refractivity contribution is 5.27. The molecule has 0 aromatic carbocycles. The number of aromatic nitrogens is 2. The van der Waals surface area contributed by atoms with Crippen LogP contribution in [0.4, 0.5) is 5.95 Å². The number of hydrogen-bond acceptors (Lipinski definition) is 6. The van der Waals surface area contributed by atoms with Crippen LogP contribution in [0.3, 0.4) is 0 Å². The van der Waals surface area contributed by atoms with E-state index in [1.165, 1.54) is 25.7 Å². The van der Waals surface area contributed by atoms with Gasteiger partial charge < -0.3 is 19.9 Å². The van der Waals surface area contributed by atoms with Crippen LogP contribution in [0, 0.1) is 0 Å². The topological polar surface area (TPSA) is 77.4 Å². The fourth-order valence-corrected chi connectivity index (χ4v) is 2.19. The van der Waals surface area contributed by atoms with Crippen molar-refractivity contribution in [1.82, 2.24) is 10.1 Å². The zero-order chi connectivity index (χ0) is 12.8. The van der Waals surface area contributed by atoms with Crippen molar-refractivity contribution in [2.75, 3.05) is 31.6 Å². The molecule has 2 rings (SSSR count). The van der Waals surface area contributed by atoms with E-state index in [-0.39, 0.29) is 6.10 Å². The van der Waals surface area contributed by atoms with Crippen molar-refractivity contribution in [3.8, 4) is 0 Å². The summed E-state index contributed by atoms with van der Waals surface area (Å²) >= 11 is 0. The molecule has 2 N–H and O–H groups in total. The van der Waals surface area contributed by atoms with Gasteiger partial charge in [-0.3, -0.25) is 0 Å². The number of methoxy groups -OCH3 is 1. The molecule has 0 radical (unpaired) electrons. The van der Waals surface area contributed by atoms with Gasteiger partial charge in [0.15, 0.2) is 0 Å². The number of anilines is 1. The molecule has 0 bridgehead atoms. The second-order valence-corrected chi connectivity index (χ2v) is 4.69. The van der Waals surface area contributed by atoms with E-state index in [1.807, 2.05) is 0 Å². The molecule has 1 aromatic heterocycles. The van der Waals surface area contributed by atoms with Crippen molar-refractivity contribution in [3.05, 3.63) is 5.89 Å². The van der Waals surface area contributed by atoms with E-state index in [0.717, 1.165) is 13.1 Å². The largest absolute Gasteiger partial charge is 0.380 e. The van der Waals surface area contributed by atoms with Crippen LogP contribution < -0.4 is 10.6 Å². The average molecular weight is 254 g/mol. The first-order valence-corrected chi connectivity index (χ1v) is 6.64. The first-order valence-electron chi connectivity index (χ1n) is 6.64. The van der Waals surface area contributed by atoms with Crippen LogP contribution in [-0.2, 0) is 11.2 Å². The Morgan fingerprint density at radius 2 is 2.06 bits per heavy atom.